The van der Waals surface area contributed by atoms with Crippen molar-refractivity contribution in [3.05, 3.63) is 53.6 Å². The highest BCUT2D eigenvalue weighted by Crippen LogP contribution is 2.31. The topological polar surface area (TPSA) is 59.6 Å². The zero-order valence-corrected chi connectivity index (χ0v) is 16.0. The van der Waals surface area contributed by atoms with E-state index in [1.165, 1.54) is 0 Å². The highest BCUT2D eigenvalue weighted by atomic mass is 16.5. The molecule has 1 amide bonds. The Morgan fingerprint density at radius 2 is 1.85 bits per heavy atom. The molecule has 0 bridgehead atoms. The van der Waals surface area contributed by atoms with Crippen molar-refractivity contribution >= 4 is 11.6 Å². The molecule has 0 unspecified atom stereocenters. The van der Waals surface area contributed by atoms with Crippen LogP contribution in [0.25, 0.3) is 0 Å². The third-order valence-corrected chi connectivity index (χ3v) is 3.83. The van der Waals surface area contributed by atoms with Gasteiger partial charge < -0.3 is 20.1 Å². The number of carbonyl (C=O) groups is 1. The summed E-state index contributed by atoms with van der Waals surface area (Å²) in [7, 11) is 1.60. The standard InChI is InChI=1S/C21H28N2O3/c1-15(2)12-22-13-17-6-5-7-19(25-4)21(17)26-14-20(24)23-18-10-8-16(3)9-11-18/h5-11,15,22H,12-14H2,1-4H3,(H,23,24). The molecule has 5 nitrogen and oxygen atoms in total. The number of amides is 1. The minimum absolute atomic E-state index is 0.0779. The summed E-state index contributed by atoms with van der Waals surface area (Å²) in [5.41, 5.74) is 2.86. The summed E-state index contributed by atoms with van der Waals surface area (Å²) in [4.78, 5) is 12.2. The first kappa shape index (κ1) is 19.8. The van der Waals surface area contributed by atoms with Crippen LogP contribution in [0.2, 0.25) is 0 Å². The highest BCUT2D eigenvalue weighted by molar-refractivity contribution is 5.91. The first-order chi connectivity index (χ1) is 12.5. The lowest BCUT2D eigenvalue weighted by molar-refractivity contribution is -0.118. The predicted molar refractivity (Wildman–Crippen MR) is 105 cm³/mol. The van der Waals surface area contributed by atoms with Crippen LogP contribution in [0, 0.1) is 12.8 Å². The molecule has 2 aromatic carbocycles. The lowest BCUT2D eigenvalue weighted by Gasteiger charge is -2.16. The Kier molecular flexibility index (Phi) is 7.48. The predicted octanol–water partition coefficient (Wildman–Crippen LogP) is 3.77. The molecule has 0 aliphatic carbocycles. The number of hydrogen-bond acceptors (Lipinski definition) is 4. The van der Waals surface area contributed by atoms with E-state index < -0.39 is 0 Å². The summed E-state index contributed by atoms with van der Waals surface area (Å²) in [6, 6.07) is 13.4. The summed E-state index contributed by atoms with van der Waals surface area (Å²) < 4.78 is 11.2. The number of methoxy groups -OCH3 is 1. The maximum atomic E-state index is 12.2. The van der Waals surface area contributed by atoms with E-state index in [9.17, 15) is 4.79 Å². The second kappa shape index (κ2) is 9.82. The molecule has 5 heteroatoms. The second-order valence-corrected chi connectivity index (χ2v) is 6.68. The molecule has 140 valence electrons. The number of anilines is 1. The summed E-state index contributed by atoms with van der Waals surface area (Å²) in [5.74, 6) is 1.58. The summed E-state index contributed by atoms with van der Waals surface area (Å²) in [6.45, 7) is 7.81. The Bertz CT molecular complexity index is 712. The van der Waals surface area contributed by atoms with Gasteiger partial charge in [-0.15, -0.1) is 0 Å². The number of para-hydroxylation sites is 1. The molecule has 2 rings (SSSR count). The number of ether oxygens (including phenoxy) is 2. The second-order valence-electron chi connectivity index (χ2n) is 6.68. The molecule has 0 aliphatic rings. The summed E-state index contributed by atoms with van der Waals surface area (Å²) >= 11 is 0. The van der Waals surface area contributed by atoms with Crippen LogP contribution >= 0.6 is 0 Å². The molecule has 0 spiro atoms. The van der Waals surface area contributed by atoms with Gasteiger partial charge >= 0.3 is 0 Å². The van der Waals surface area contributed by atoms with Gasteiger partial charge in [0.1, 0.15) is 0 Å². The molecule has 2 aromatic rings. The number of hydrogen-bond donors (Lipinski definition) is 2. The van der Waals surface area contributed by atoms with Gasteiger partial charge in [0, 0.05) is 17.8 Å². The summed E-state index contributed by atoms with van der Waals surface area (Å²) in [6.07, 6.45) is 0. The molecule has 0 atom stereocenters. The van der Waals surface area contributed by atoms with Crippen LogP contribution in [0.5, 0.6) is 11.5 Å². The fourth-order valence-corrected chi connectivity index (χ4v) is 2.49. The van der Waals surface area contributed by atoms with Crippen LogP contribution in [-0.2, 0) is 11.3 Å². The molecule has 0 aliphatic heterocycles. The quantitative estimate of drug-likeness (QED) is 0.718. The number of nitrogens with one attached hydrogen (secondary N) is 2. The third-order valence-electron chi connectivity index (χ3n) is 3.83. The fraction of sp³-hybridized carbons (Fsp3) is 0.381. The van der Waals surface area contributed by atoms with Gasteiger partial charge in [-0.25, -0.2) is 0 Å². The van der Waals surface area contributed by atoms with Gasteiger partial charge in [0.15, 0.2) is 18.1 Å². The molecular formula is C21H28N2O3. The van der Waals surface area contributed by atoms with Crippen molar-refractivity contribution in [2.45, 2.75) is 27.3 Å². The van der Waals surface area contributed by atoms with Crippen molar-refractivity contribution in [3.8, 4) is 11.5 Å². The molecule has 0 aromatic heterocycles. The van der Waals surface area contributed by atoms with E-state index in [0.717, 1.165) is 23.4 Å². The molecule has 26 heavy (non-hydrogen) atoms. The average molecular weight is 356 g/mol. The largest absolute Gasteiger partial charge is 0.493 e. The minimum Gasteiger partial charge on any atom is -0.493 e. The Labute approximate surface area is 155 Å². The first-order valence-corrected chi connectivity index (χ1v) is 8.85. The smallest absolute Gasteiger partial charge is 0.262 e. The Morgan fingerprint density at radius 3 is 2.50 bits per heavy atom. The van der Waals surface area contributed by atoms with Crippen molar-refractivity contribution in [2.75, 3.05) is 25.6 Å². The molecule has 0 saturated heterocycles. The van der Waals surface area contributed by atoms with Crippen LogP contribution in [0.3, 0.4) is 0 Å². The van der Waals surface area contributed by atoms with Gasteiger partial charge in [-0.1, -0.05) is 43.7 Å². The molecule has 0 heterocycles. The zero-order valence-electron chi connectivity index (χ0n) is 16.0. The number of aryl methyl sites for hydroxylation is 1. The number of rotatable bonds is 9. The fourth-order valence-electron chi connectivity index (χ4n) is 2.49. The molecular weight excluding hydrogens is 328 g/mol. The monoisotopic (exact) mass is 356 g/mol. The summed E-state index contributed by atoms with van der Waals surface area (Å²) in [5, 5.41) is 6.22. The van der Waals surface area contributed by atoms with Gasteiger partial charge in [-0.2, -0.15) is 0 Å². The van der Waals surface area contributed by atoms with Crippen molar-refractivity contribution in [1.29, 1.82) is 0 Å². The highest BCUT2D eigenvalue weighted by Gasteiger charge is 2.13. The maximum Gasteiger partial charge on any atom is 0.262 e. The Morgan fingerprint density at radius 1 is 1.12 bits per heavy atom. The Hall–Kier alpha value is -2.53. The van der Waals surface area contributed by atoms with Gasteiger partial charge in [0.2, 0.25) is 0 Å². The van der Waals surface area contributed by atoms with Crippen LogP contribution < -0.4 is 20.1 Å². The first-order valence-electron chi connectivity index (χ1n) is 8.85. The van der Waals surface area contributed by atoms with Crippen LogP contribution in [0.4, 0.5) is 5.69 Å². The molecule has 0 saturated carbocycles. The van der Waals surface area contributed by atoms with E-state index >= 15 is 0 Å². The van der Waals surface area contributed by atoms with E-state index in [0.29, 0.717) is 24.0 Å². The zero-order chi connectivity index (χ0) is 18.9. The average Bonchev–Trinajstić information content (AvgIpc) is 2.62. The van der Waals surface area contributed by atoms with E-state index in [1.54, 1.807) is 7.11 Å². The maximum absolute atomic E-state index is 12.2. The van der Waals surface area contributed by atoms with Gasteiger partial charge in [0.25, 0.3) is 5.91 Å². The third kappa shape index (κ3) is 6.08. The SMILES string of the molecule is COc1cccc(CNCC(C)C)c1OCC(=O)Nc1ccc(C)cc1. The van der Waals surface area contributed by atoms with Gasteiger partial charge in [-0.3, -0.25) is 4.79 Å². The lowest BCUT2D eigenvalue weighted by atomic mass is 10.1. The lowest BCUT2D eigenvalue weighted by Crippen LogP contribution is -2.22. The van der Waals surface area contributed by atoms with Crippen molar-refractivity contribution < 1.29 is 14.3 Å². The van der Waals surface area contributed by atoms with Crippen LogP contribution in [-0.4, -0.2) is 26.2 Å². The van der Waals surface area contributed by atoms with Crippen LogP contribution in [0.15, 0.2) is 42.5 Å². The van der Waals surface area contributed by atoms with E-state index in [-0.39, 0.29) is 12.5 Å². The minimum atomic E-state index is -0.208. The van der Waals surface area contributed by atoms with Gasteiger partial charge in [-0.05, 0) is 37.6 Å². The molecule has 0 fully saturated rings. The molecule has 2 N–H and O–H groups in total. The van der Waals surface area contributed by atoms with E-state index in [4.69, 9.17) is 9.47 Å². The van der Waals surface area contributed by atoms with Gasteiger partial charge in [0.05, 0.1) is 7.11 Å². The van der Waals surface area contributed by atoms with Crippen molar-refractivity contribution in [2.24, 2.45) is 5.92 Å². The Balaban J connectivity index is 2.00. The number of carbonyl (C=O) groups excluding carboxylic acids is 1. The van der Waals surface area contributed by atoms with E-state index in [2.05, 4.69) is 24.5 Å². The van der Waals surface area contributed by atoms with E-state index in [1.807, 2.05) is 49.4 Å². The van der Waals surface area contributed by atoms with Crippen LogP contribution in [0.1, 0.15) is 25.0 Å². The van der Waals surface area contributed by atoms with Crippen molar-refractivity contribution in [3.63, 3.8) is 0 Å². The number of benzene rings is 2. The molecule has 0 radical (unpaired) electrons. The normalized spacial score (nSPS) is 10.7. The van der Waals surface area contributed by atoms with Crippen molar-refractivity contribution in [1.82, 2.24) is 5.32 Å².